The van der Waals surface area contributed by atoms with Crippen LogP contribution in [0.25, 0.3) is 0 Å². The summed E-state index contributed by atoms with van der Waals surface area (Å²) in [6, 6.07) is 7.12. The van der Waals surface area contributed by atoms with Gasteiger partial charge in [-0.2, -0.15) is 0 Å². The molecule has 1 aromatic carbocycles. The molecule has 114 valence electrons. The van der Waals surface area contributed by atoms with E-state index in [4.69, 9.17) is 4.74 Å². The van der Waals surface area contributed by atoms with Crippen LogP contribution in [0.3, 0.4) is 0 Å². The van der Waals surface area contributed by atoms with E-state index >= 15 is 0 Å². The Morgan fingerprint density at radius 2 is 2.05 bits per heavy atom. The van der Waals surface area contributed by atoms with Crippen molar-refractivity contribution in [1.82, 2.24) is 10.0 Å². The predicted octanol–water partition coefficient (Wildman–Crippen LogP) is 1.67. The fraction of sp³-hybridized carbons (Fsp3) is 0.571. The Morgan fingerprint density at radius 3 is 2.70 bits per heavy atom. The number of methoxy groups -OCH3 is 1. The molecule has 0 aromatic heterocycles. The molecule has 0 aliphatic heterocycles. The summed E-state index contributed by atoms with van der Waals surface area (Å²) in [6.07, 6.45) is 1.61. The molecule has 5 nitrogen and oxygen atoms in total. The van der Waals surface area contributed by atoms with Crippen LogP contribution in [-0.4, -0.2) is 35.7 Å². The molecule has 0 radical (unpaired) electrons. The monoisotopic (exact) mass is 300 g/mol. The molecule has 2 N–H and O–H groups in total. The molecular weight excluding hydrogens is 276 g/mol. The molecule has 1 aromatic rings. The molecule has 0 amide bonds. The minimum absolute atomic E-state index is 0.117. The van der Waals surface area contributed by atoms with E-state index in [2.05, 4.69) is 10.0 Å². The topological polar surface area (TPSA) is 67.4 Å². The van der Waals surface area contributed by atoms with Crippen molar-refractivity contribution in [2.24, 2.45) is 0 Å². The maximum absolute atomic E-state index is 12.2. The van der Waals surface area contributed by atoms with Crippen molar-refractivity contribution in [3.8, 4) is 0 Å². The van der Waals surface area contributed by atoms with Crippen molar-refractivity contribution < 1.29 is 13.2 Å². The van der Waals surface area contributed by atoms with Crippen LogP contribution in [0.4, 0.5) is 0 Å². The molecule has 0 aliphatic carbocycles. The molecule has 0 fully saturated rings. The molecule has 0 aliphatic rings. The molecule has 0 saturated heterocycles. The van der Waals surface area contributed by atoms with Crippen LogP contribution in [-0.2, 0) is 14.8 Å². The van der Waals surface area contributed by atoms with Crippen molar-refractivity contribution in [3.05, 3.63) is 29.8 Å². The smallest absolute Gasteiger partial charge is 0.240 e. The lowest BCUT2D eigenvalue weighted by Crippen LogP contribution is -2.25. The Hall–Kier alpha value is -0.950. The van der Waals surface area contributed by atoms with Gasteiger partial charge in [0.25, 0.3) is 0 Å². The van der Waals surface area contributed by atoms with Crippen molar-refractivity contribution in [1.29, 1.82) is 0 Å². The van der Waals surface area contributed by atoms with Crippen molar-refractivity contribution in [3.63, 3.8) is 0 Å². The summed E-state index contributed by atoms with van der Waals surface area (Å²) in [6.45, 7) is 3.07. The first-order chi connectivity index (χ1) is 9.51. The molecule has 1 atom stereocenters. The minimum Gasteiger partial charge on any atom is -0.385 e. The molecular formula is C14H24N2O3S. The number of ether oxygens (including phenoxy) is 1. The number of benzene rings is 1. The summed E-state index contributed by atoms with van der Waals surface area (Å²) in [4.78, 5) is 0.309. The fourth-order valence-electron chi connectivity index (χ4n) is 1.78. The van der Waals surface area contributed by atoms with E-state index in [0.29, 0.717) is 18.0 Å². The van der Waals surface area contributed by atoms with Gasteiger partial charge in [0.15, 0.2) is 0 Å². The lowest BCUT2D eigenvalue weighted by atomic mass is 10.1. The van der Waals surface area contributed by atoms with Gasteiger partial charge in [-0.1, -0.05) is 12.1 Å². The largest absolute Gasteiger partial charge is 0.385 e. The lowest BCUT2D eigenvalue weighted by Gasteiger charge is -2.12. The van der Waals surface area contributed by atoms with Gasteiger partial charge >= 0.3 is 0 Å². The highest BCUT2D eigenvalue weighted by atomic mass is 32.2. The number of rotatable bonds is 9. The number of hydrogen-bond donors (Lipinski definition) is 2. The zero-order valence-corrected chi connectivity index (χ0v) is 13.2. The maximum Gasteiger partial charge on any atom is 0.240 e. The van der Waals surface area contributed by atoms with E-state index in [1.807, 2.05) is 20.0 Å². The Kier molecular flexibility index (Phi) is 7.15. The first kappa shape index (κ1) is 17.1. The Labute approximate surface area is 121 Å². The first-order valence-electron chi connectivity index (χ1n) is 6.77. The third-order valence-corrected chi connectivity index (χ3v) is 4.63. The number of sulfonamides is 1. The Balaban J connectivity index is 2.67. The third-order valence-electron chi connectivity index (χ3n) is 3.17. The van der Waals surface area contributed by atoms with Gasteiger partial charge in [0.05, 0.1) is 4.90 Å². The van der Waals surface area contributed by atoms with E-state index in [9.17, 15) is 8.42 Å². The quantitative estimate of drug-likeness (QED) is 0.681. The van der Waals surface area contributed by atoms with Crippen LogP contribution in [0.2, 0.25) is 0 Å². The fourth-order valence-corrected chi connectivity index (χ4v) is 2.91. The van der Waals surface area contributed by atoms with Gasteiger partial charge in [-0.15, -0.1) is 0 Å². The zero-order valence-electron chi connectivity index (χ0n) is 12.3. The van der Waals surface area contributed by atoms with Crippen LogP contribution in [0, 0.1) is 0 Å². The van der Waals surface area contributed by atoms with Gasteiger partial charge in [0.1, 0.15) is 0 Å². The van der Waals surface area contributed by atoms with E-state index < -0.39 is 10.0 Å². The summed E-state index contributed by atoms with van der Waals surface area (Å²) < 4.78 is 31.9. The van der Waals surface area contributed by atoms with Crippen LogP contribution in [0.15, 0.2) is 29.2 Å². The second-order valence-corrected chi connectivity index (χ2v) is 6.45. The second-order valence-electron chi connectivity index (χ2n) is 4.68. The van der Waals surface area contributed by atoms with Crippen LogP contribution in [0.5, 0.6) is 0 Å². The van der Waals surface area contributed by atoms with Gasteiger partial charge in [-0.3, -0.25) is 0 Å². The molecule has 0 bridgehead atoms. The summed E-state index contributed by atoms with van der Waals surface area (Å²) in [5.41, 5.74) is 0.953. The summed E-state index contributed by atoms with van der Waals surface area (Å²) in [5.74, 6) is 0. The van der Waals surface area contributed by atoms with Crippen molar-refractivity contribution >= 4 is 10.0 Å². The van der Waals surface area contributed by atoms with Gasteiger partial charge in [-0.05, 0) is 44.5 Å². The standard InChI is InChI=1S/C14H24N2O3S/c1-12(15-2)13-7-6-8-14(11-13)20(17,18)16-9-4-5-10-19-3/h6-8,11-12,15-16H,4-5,9-10H2,1-3H3. The number of unbranched alkanes of at least 4 members (excludes halogenated alkanes) is 1. The molecule has 0 saturated carbocycles. The minimum atomic E-state index is -3.43. The normalized spacial score (nSPS) is 13.3. The molecule has 0 heterocycles. The van der Waals surface area contributed by atoms with Crippen LogP contribution < -0.4 is 10.0 Å². The molecule has 0 spiro atoms. The van der Waals surface area contributed by atoms with E-state index in [1.165, 1.54) is 0 Å². The summed E-state index contributed by atoms with van der Waals surface area (Å²) in [7, 11) is 0.0543. The Morgan fingerprint density at radius 1 is 1.30 bits per heavy atom. The highest BCUT2D eigenvalue weighted by Crippen LogP contribution is 2.17. The van der Waals surface area contributed by atoms with Crippen LogP contribution >= 0.6 is 0 Å². The zero-order chi connectivity index (χ0) is 15.0. The third kappa shape index (κ3) is 5.20. The average molecular weight is 300 g/mol. The molecule has 1 rings (SSSR count). The highest BCUT2D eigenvalue weighted by molar-refractivity contribution is 7.89. The summed E-state index contributed by atoms with van der Waals surface area (Å²) >= 11 is 0. The van der Waals surface area contributed by atoms with Crippen LogP contribution in [0.1, 0.15) is 31.4 Å². The SMILES string of the molecule is CNC(C)c1cccc(S(=O)(=O)NCCCCOC)c1. The second kappa shape index (κ2) is 8.36. The lowest BCUT2D eigenvalue weighted by molar-refractivity contribution is 0.193. The van der Waals surface area contributed by atoms with Gasteiger partial charge in [-0.25, -0.2) is 13.1 Å². The molecule has 6 heteroatoms. The average Bonchev–Trinajstić information content (AvgIpc) is 2.46. The Bertz CT molecular complexity index is 503. The maximum atomic E-state index is 12.2. The number of nitrogens with one attached hydrogen (secondary N) is 2. The van der Waals surface area contributed by atoms with Gasteiger partial charge in [0, 0.05) is 26.3 Å². The molecule has 20 heavy (non-hydrogen) atoms. The van der Waals surface area contributed by atoms with Crippen molar-refractivity contribution in [2.45, 2.75) is 30.7 Å². The predicted molar refractivity (Wildman–Crippen MR) is 80.2 cm³/mol. The summed E-state index contributed by atoms with van der Waals surface area (Å²) in [5, 5.41) is 3.10. The van der Waals surface area contributed by atoms with E-state index in [0.717, 1.165) is 18.4 Å². The highest BCUT2D eigenvalue weighted by Gasteiger charge is 2.14. The van der Waals surface area contributed by atoms with Gasteiger partial charge < -0.3 is 10.1 Å². The van der Waals surface area contributed by atoms with Gasteiger partial charge in [0.2, 0.25) is 10.0 Å². The van der Waals surface area contributed by atoms with E-state index in [-0.39, 0.29) is 6.04 Å². The van der Waals surface area contributed by atoms with Crippen molar-refractivity contribution in [2.75, 3.05) is 27.3 Å². The number of hydrogen-bond acceptors (Lipinski definition) is 4. The molecule has 1 unspecified atom stereocenters. The first-order valence-corrected chi connectivity index (χ1v) is 8.25. The van der Waals surface area contributed by atoms with E-state index in [1.54, 1.807) is 25.3 Å².